The molecule has 5 N–H and O–H groups in total. The second kappa shape index (κ2) is 8.84. The third-order valence-electron chi connectivity index (χ3n) is 3.85. The van der Waals surface area contributed by atoms with Crippen molar-refractivity contribution in [2.75, 3.05) is 11.9 Å². The van der Waals surface area contributed by atoms with E-state index in [2.05, 4.69) is 5.32 Å². The maximum Gasteiger partial charge on any atom is 0.412 e. The lowest BCUT2D eigenvalue weighted by molar-refractivity contribution is -0.285. The zero-order valence-corrected chi connectivity index (χ0v) is 15.7. The molecule has 10 heteroatoms. The number of hydrogen-bond acceptors (Lipinski definition) is 9. The first-order valence-electron chi connectivity index (χ1n) is 8.64. The summed E-state index contributed by atoms with van der Waals surface area (Å²) >= 11 is 0. The van der Waals surface area contributed by atoms with Gasteiger partial charge in [0.2, 0.25) is 6.29 Å². The lowest BCUT2D eigenvalue weighted by Crippen LogP contribution is -2.59. The molecule has 1 aliphatic heterocycles. The molecule has 5 atom stereocenters. The molecular weight excluding hydrogens is 374 g/mol. The largest absolute Gasteiger partial charge is 0.444 e. The van der Waals surface area contributed by atoms with Crippen LogP contribution in [0.25, 0.3) is 0 Å². The summed E-state index contributed by atoms with van der Waals surface area (Å²) < 4.78 is 15.4. The summed E-state index contributed by atoms with van der Waals surface area (Å²) in [5.41, 5.74) is -0.688. The summed E-state index contributed by atoms with van der Waals surface area (Å²) in [7, 11) is 0. The van der Waals surface area contributed by atoms with Crippen LogP contribution in [0.15, 0.2) is 24.3 Å². The average molecular weight is 399 g/mol. The normalized spacial score (nSPS) is 27.8. The lowest BCUT2D eigenvalue weighted by atomic mass is 9.99. The molecule has 0 saturated carbocycles. The van der Waals surface area contributed by atoms with Gasteiger partial charge >= 0.3 is 12.1 Å². The Morgan fingerprint density at radius 1 is 1.11 bits per heavy atom. The first kappa shape index (κ1) is 22.1. The molecule has 0 radical (unpaired) electrons. The number of benzene rings is 1. The van der Waals surface area contributed by atoms with E-state index in [1.807, 2.05) is 0 Å². The first-order valence-corrected chi connectivity index (χ1v) is 8.64. The van der Waals surface area contributed by atoms with E-state index in [9.17, 15) is 30.0 Å². The molecule has 1 amide bonds. The highest BCUT2D eigenvalue weighted by Gasteiger charge is 2.45. The van der Waals surface area contributed by atoms with Gasteiger partial charge in [-0.05, 0) is 32.9 Å². The van der Waals surface area contributed by atoms with Gasteiger partial charge in [0.1, 0.15) is 30.0 Å². The van der Waals surface area contributed by atoms with Gasteiger partial charge in [-0.1, -0.05) is 12.1 Å². The molecule has 0 aromatic heterocycles. The second-order valence-electron chi connectivity index (χ2n) is 7.28. The summed E-state index contributed by atoms with van der Waals surface area (Å²) in [6, 6.07) is 5.94. The van der Waals surface area contributed by atoms with Crippen LogP contribution in [-0.4, -0.2) is 75.4 Å². The fraction of sp³-hybridized carbons (Fsp3) is 0.556. The molecule has 28 heavy (non-hydrogen) atoms. The van der Waals surface area contributed by atoms with E-state index < -0.39 is 55.0 Å². The number of carbonyl (C=O) groups excluding carboxylic acids is 2. The molecule has 0 aliphatic carbocycles. The van der Waals surface area contributed by atoms with Crippen molar-refractivity contribution < 1.29 is 44.2 Å². The molecule has 1 fully saturated rings. The van der Waals surface area contributed by atoms with Gasteiger partial charge in [0.25, 0.3) is 0 Å². The molecule has 0 bridgehead atoms. The van der Waals surface area contributed by atoms with Crippen molar-refractivity contribution in [2.45, 2.75) is 57.1 Å². The molecule has 2 rings (SSSR count). The quantitative estimate of drug-likeness (QED) is 0.440. The van der Waals surface area contributed by atoms with Crippen molar-refractivity contribution in [1.82, 2.24) is 0 Å². The highest BCUT2D eigenvalue weighted by molar-refractivity contribution is 5.99. The van der Waals surface area contributed by atoms with Crippen molar-refractivity contribution in [2.24, 2.45) is 0 Å². The minimum atomic E-state index is -1.73. The van der Waals surface area contributed by atoms with E-state index in [1.54, 1.807) is 26.8 Å². The number of esters is 1. The van der Waals surface area contributed by atoms with Crippen LogP contribution in [0.4, 0.5) is 10.5 Å². The predicted molar refractivity (Wildman–Crippen MR) is 95.5 cm³/mol. The number of nitrogens with one attached hydrogen (secondary N) is 1. The van der Waals surface area contributed by atoms with Crippen LogP contribution in [0.1, 0.15) is 31.1 Å². The standard InChI is InChI=1S/C18H25NO9/c1-18(2,3)28-17(25)19-10-7-5-4-6-9(10)15(24)27-16-14(23)13(22)12(21)11(8-20)26-16/h4-7,11-14,16,20-23H,8H2,1-3H3,(H,19,25)/t11-,12-,13+,14-,16+/m1/s1. The van der Waals surface area contributed by atoms with Gasteiger partial charge in [-0.2, -0.15) is 0 Å². The molecule has 10 nitrogen and oxygen atoms in total. The van der Waals surface area contributed by atoms with Crippen LogP contribution in [0.5, 0.6) is 0 Å². The Morgan fingerprint density at radius 3 is 2.36 bits per heavy atom. The van der Waals surface area contributed by atoms with Gasteiger partial charge in [0, 0.05) is 0 Å². The van der Waals surface area contributed by atoms with Crippen LogP contribution in [0.2, 0.25) is 0 Å². The number of ether oxygens (including phenoxy) is 3. The van der Waals surface area contributed by atoms with Crippen molar-refractivity contribution in [3.05, 3.63) is 29.8 Å². The molecule has 0 spiro atoms. The van der Waals surface area contributed by atoms with Crippen LogP contribution >= 0.6 is 0 Å². The number of para-hydroxylation sites is 1. The first-order chi connectivity index (χ1) is 13.0. The molecule has 1 aliphatic rings. The van der Waals surface area contributed by atoms with Crippen LogP contribution in [0.3, 0.4) is 0 Å². The Morgan fingerprint density at radius 2 is 1.75 bits per heavy atom. The minimum absolute atomic E-state index is 0.0506. The Kier molecular flexibility index (Phi) is 6.96. The van der Waals surface area contributed by atoms with E-state index in [4.69, 9.17) is 14.2 Å². The predicted octanol–water partition coefficient (Wildman–Crippen LogP) is -0.00970. The van der Waals surface area contributed by atoms with Gasteiger partial charge in [-0.3, -0.25) is 5.32 Å². The van der Waals surface area contributed by atoms with Crippen molar-refractivity contribution in [1.29, 1.82) is 0 Å². The topological polar surface area (TPSA) is 155 Å². The fourth-order valence-corrected chi connectivity index (χ4v) is 2.52. The second-order valence-corrected chi connectivity index (χ2v) is 7.28. The molecule has 1 aromatic carbocycles. The van der Waals surface area contributed by atoms with Crippen molar-refractivity contribution in [3.63, 3.8) is 0 Å². The maximum absolute atomic E-state index is 12.5. The highest BCUT2D eigenvalue weighted by Crippen LogP contribution is 2.24. The molecule has 1 saturated heterocycles. The Bertz CT molecular complexity index is 701. The monoisotopic (exact) mass is 399 g/mol. The fourth-order valence-electron chi connectivity index (χ4n) is 2.52. The zero-order valence-electron chi connectivity index (χ0n) is 15.7. The number of rotatable bonds is 4. The third kappa shape index (κ3) is 5.40. The lowest BCUT2D eigenvalue weighted by Gasteiger charge is -2.39. The summed E-state index contributed by atoms with van der Waals surface area (Å²) in [6.45, 7) is 4.40. The number of aliphatic hydroxyl groups excluding tert-OH is 4. The smallest absolute Gasteiger partial charge is 0.412 e. The van der Waals surface area contributed by atoms with E-state index in [1.165, 1.54) is 18.2 Å². The number of anilines is 1. The Balaban J connectivity index is 2.13. The molecule has 1 aromatic rings. The molecule has 156 valence electrons. The zero-order chi connectivity index (χ0) is 21.1. The van der Waals surface area contributed by atoms with Crippen molar-refractivity contribution in [3.8, 4) is 0 Å². The third-order valence-corrected chi connectivity index (χ3v) is 3.85. The van der Waals surface area contributed by atoms with Gasteiger partial charge in [0.15, 0.2) is 0 Å². The van der Waals surface area contributed by atoms with E-state index in [0.29, 0.717) is 0 Å². The van der Waals surface area contributed by atoms with Crippen molar-refractivity contribution >= 4 is 17.7 Å². The average Bonchev–Trinajstić information content (AvgIpc) is 2.60. The van der Waals surface area contributed by atoms with E-state index >= 15 is 0 Å². The van der Waals surface area contributed by atoms with Gasteiger partial charge < -0.3 is 34.6 Å². The van der Waals surface area contributed by atoms with Crippen LogP contribution < -0.4 is 5.32 Å². The molecular formula is C18H25NO9. The summed E-state index contributed by atoms with van der Waals surface area (Å²) in [4.78, 5) is 24.5. The maximum atomic E-state index is 12.5. The van der Waals surface area contributed by atoms with Crippen LogP contribution in [0, 0.1) is 0 Å². The number of aliphatic hydroxyl groups is 4. The Labute approximate surface area is 161 Å². The van der Waals surface area contributed by atoms with Crippen LogP contribution in [-0.2, 0) is 14.2 Å². The van der Waals surface area contributed by atoms with Gasteiger partial charge in [-0.25, -0.2) is 9.59 Å². The summed E-state index contributed by atoms with van der Waals surface area (Å²) in [5, 5.41) is 41.1. The number of carbonyl (C=O) groups is 2. The van der Waals surface area contributed by atoms with E-state index in [-0.39, 0.29) is 11.3 Å². The SMILES string of the molecule is CC(C)(C)OC(=O)Nc1ccccc1C(=O)O[C@@H]1O[C@H](CO)[C@@H](O)[C@H](O)[C@H]1O. The van der Waals surface area contributed by atoms with E-state index in [0.717, 1.165) is 0 Å². The highest BCUT2D eigenvalue weighted by atomic mass is 16.7. The molecule has 0 unspecified atom stereocenters. The minimum Gasteiger partial charge on any atom is -0.444 e. The summed E-state index contributed by atoms with van der Waals surface area (Å²) in [5.74, 6) is -0.962. The van der Waals surface area contributed by atoms with Gasteiger partial charge in [-0.15, -0.1) is 0 Å². The Hall–Kier alpha value is -2.24. The van der Waals surface area contributed by atoms with Gasteiger partial charge in [0.05, 0.1) is 17.9 Å². The molecule has 1 heterocycles. The number of amides is 1. The summed E-state index contributed by atoms with van der Waals surface area (Å²) in [6.07, 6.45) is -8.60. The number of hydrogen-bond donors (Lipinski definition) is 5.